The zero-order valence-corrected chi connectivity index (χ0v) is 14.5. The molecule has 1 heterocycles. The predicted molar refractivity (Wildman–Crippen MR) is 105 cm³/mol. The maximum atomic E-state index is 6.18. The molecule has 0 amide bonds. The standard InChI is InChI=1S/C25H19O/c1-2-8-16(9-3-1)22-17-10-4-5-11-18(17)23-21-14-15-26-25(21)20-13-7-6-12-19(20)24(22)23/h1-13,22,25H,14-15H2. The number of benzene rings is 3. The number of ether oxygens (including phenoxy) is 1. The van der Waals surface area contributed by atoms with Crippen LogP contribution in [0.5, 0.6) is 0 Å². The Kier molecular flexibility index (Phi) is 3.03. The fraction of sp³-hybridized carbons (Fsp3) is 0.160. The Morgan fingerprint density at radius 2 is 1.38 bits per heavy atom. The smallest absolute Gasteiger partial charge is 0.0938 e. The zero-order valence-electron chi connectivity index (χ0n) is 14.5. The molecule has 1 nitrogen and oxygen atoms in total. The molecular weight excluding hydrogens is 316 g/mol. The highest BCUT2D eigenvalue weighted by Gasteiger charge is 2.46. The van der Waals surface area contributed by atoms with E-state index in [-0.39, 0.29) is 6.10 Å². The summed E-state index contributed by atoms with van der Waals surface area (Å²) >= 11 is 0. The van der Waals surface area contributed by atoms with Crippen LogP contribution in [0.3, 0.4) is 0 Å². The minimum atomic E-state index is 0.132. The molecule has 26 heavy (non-hydrogen) atoms. The van der Waals surface area contributed by atoms with Gasteiger partial charge in [0.05, 0.1) is 6.10 Å². The highest BCUT2D eigenvalue weighted by molar-refractivity contribution is 6.08. The van der Waals surface area contributed by atoms with E-state index in [2.05, 4.69) is 78.9 Å². The molecule has 3 aliphatic rings. The monoisotopic (exact) mass is 335 g/mol. The van der Waals surface area contributed by atoms with Crippen LogP contribution in [0.1, 0.15) is 46.3 Å². The van der Waals surface area contributed by atoms with Crippen molar-refractivity contribution in [2.45, 2.75) is 18.4 Å². The number of fused-ring (bicyclic) bond motifs is 7. The van der Waals surface area contributed by atoms with E-state index in [1.807, 2.05) is 0 Å². The SMILES string of the molecule is c1ccc(C2C3=C([C]4CCOC4c4ccccc43)c3ccccc32)cc1. The van der Waals surface area contributed by atoms with Gasteiger partial charge in [-0.25, -0.2) is 0 Å². The Hall–Kier alpha value is -2.64. The summed E-state index contributed by atoms with van der Waals surface area (Å²) < 4.78 is 6.18. The minimum absolute atomic E-state index is 0.132. The van der Waals surface area contributed by atoms with Gasteiger partial charge in [0.25, 0.3) is 0 Å². The summed E-state index contributed by atoms with van der Waals surface area (Å²) in [5.74, 6) is 1.78. The number of allylic oxidation sites excluding steroid dienone is 1. The lowest BCUT2D eigenvalue weighted by molar-refractivity contribution is 0.120. The van der Waals surface area contributed by atoms with Crippen LogP contribution in [-0.4, -0.2) is 6.61 Å². The van der Waals surface area contributed by atoms with Gasteiger partial charge in [0.2, 0.25) is 0 Å². The average molecular weight is 335 g/mol. The molecule has 2 unspecified atom stereocenters. The molecule has 3 aromatic carbocycles. The van der Waals surface area contributed by atoms with Crippen molar-refractivity contribution < 1.29 is 4.74 Å². The third-order valence-electron chi connectivity index (χ3n) is 6.06. The van der Waals surface area contributed by atoms with Crippen LogP contribution in [0.25, 0.3) is 11.1 Å². The normalized spacial score (nSPS) is 23.4. The average Bonchev–Trinajstić information content (AvgIpc) is 3.32. The first-order chi connectivity index (χ1) is 12.9. The molecule has 0 spiro atoms. The van der Waals surface area contributed by atoms with Crippen molar-refractivity contribution in [3.05, 3.63) is 113 Å². The van der Waals surface area contributed by atoms with Crippen molar-refractivity contribution in [2.24, 2.45) is 0 Å². The highest BCUT2D eigenvalue weighted by atomic mass is 16.5. The topological polar surface area (TPSA) is 9.23 Å². The maximum Gasteiger partial charge on any atom is 0.0938 e. The third-order valence-corrected chi connectivity index (χ3v) is 6.06. The van der Waals surface area contributed by atoms with E-state index in [9.17, 15) is 0 Å². The molecule has 1 aliphatic heterocycles. The van der Waals surface area contributed by atoms with Crippen LogP contribution in [0, 0.1) is 5.92 Å². The van der Waals surface area contributed by atoms with E-state index < -0.39 is 0 Å². The van der Waals surface area contributed by atoms with E-state index in [4.69, 9.17) is 4.74 Å². The maximum absolute atomic E-state index is 6.18. The fourth-order valence-electron chi connectivity index (χ4n) is 5.07. The van der Waals surface area contributed by atoms with Crippen molar-refractivity contribution >= 4 is 11.1 Å². The van der Waals surface area contributed by atoms with Gasteiger partial charge in [-0.15, -0.1) is 0 Å². The Morgan fingerprint density at radius 3 is 2.23 bits per heavy atom. The molecule has 1 radical (unpaired) electrons. The van der Waals surface area contributed by atoms with Gasteiger partial charge >= 0.3 is 0 Å². The van der Waals surface area contributed by atoms with Crippen LogP contribution >= 0.6 is 0 Å². The number of hydrogen-bond acceptors (Lipinski definition) is 1. The van der Waals surface area contributed by atoms with Crippen LogP contribution in [-0.2, 0) is 4.74 Å². The number of rotatable bonds is 1. The van der Waals surface area contributed by atoms with Gasteiger partial charge in [-0.05, 0) is 45.4 Å². The van der Waals surface area contributed by atoms with Crippen molar-refractivity contribution in [1.82, 2.24) is 0 Å². The second-order valence-corrected chi connectivity index (χ2v) is 7.33. The lowest BCUT2D eigenvalue weighted by atomic mass is 9.74. The first-order valence-electron chi connectivity index (χ1n) is 9.39. The summed E-state index contributed by atoms with van der Waals surface area (Å²) in [4.78, 5) is 0. The summed E-state index contributed by atoms with van der Waals surface area (Å²) in [5, 5.41) is 0. The van der Waals surface area contributed by atoms with Gasteiger partial charge in [0.1, 0.15) is 0 Å². The van der Waals surface area contributed by atoms with E-state index in [1.54, 1.807) is 0 Å². The van der Waals surface area contributed by atoms with E-state index in [0.717, 1.165) is 13.0 Å². The van der Waals surface area contributed by atoms with Crippen molar-refractivity contribution in [3.8, 4) is 0 Å². The van der Waals surface area contributed by atoms with Gasteiger partial charge in [-0.1, -0.05) is 78.9 Å². The quantitative estimate of drug-likeness (QED) is 0.547. The van der Waals surface area contributed by atoms with E-state index in [1.165, 1.54) is 44.9 Å². The molecule has 125 valence electrons. The molecule has 2 atom stereocenters. The first kappa shape index (κ1) is 14.5. The minimum Gasteiger partial charge on any atom is -0.372 e. The van der Waals surface area contributed by atoms with E-state index >= 15 is 0 Å². The molecular formula is C25H19O. The predicted octanol–water partition coefficient (Wildman–Crippen LogP) is 5.79. The molecule has 1 heteroatoms. The Bertz CT molecular complexity index is 1030. The van der Waals surface area contributed by atoms with Gasteiger partial charge in [-0.3, -0.25) is 0 Å². The molecule has 1 fully saturated rings. The van der Waals surface area contributed by atoms with Gasteiger partial charge < -0.3 is 4.74 Å². The molecule has 2 aliphatic carbocycles. The van der Waals surface area contributed by atoms with Crippen LogP contribution in [0.4, 0.5) is 0 Å². The molecule has 0 saturated carbocycles. The molecule has 0 N–H and O–H groups in total. The molecule has 0 bridgehead atoms. The first-order valence-corrected chi connectivity index (χ1v) is 9.39. The summed E-state index contributed by atoms with van der Waals surface area (Å²) in [6, 6.07) is 28.7. The van der Waals surface area contributed by atoms with Gasteiger partial charge in [0, 0.05) is 18.4 Å². The van der Waals surface area contributed by atoms with Crippen molar-refractivity contribution in [3.63, 3.8) is 0 Å². The van der Waals surface area contributed by atoms with Crippen LogP contribution in [0.2, 0.25) is 0 Å². The van der Waals surface area contributed by atoms with Crippen LogP contribution < -0.4 is 0 Å². The van der Waals surface area contributed by atoms with Gasteiger partial charge in [-0.2, -0.15) is 0 Å². The Morgan fingerprint density at radius 1 is 0.692 bits per heavy atom. The largest absolute Gasteiger partial charge is 0.372 e. The molecule has 1 saturated heterocycles. The summed E-state index contributed by atoms with van der Waals surface area (Å²) in [7, 11) is 0. The molecule has 3 aromatic rings. The fourth-order valence-corrected chi connectivity index (χ4v) is 5.07. The summed E-state index contributed by atoms with van der Waals surface area (Å²) in [5.41, 5.74) is 9.84. The molecule has 6 rings (SSSR count). The number of hydrogen-bond donors (Lipinski definition) is 0. The Labute approximate surface area is 154 Å². The highest BCUT2D eigenvalue weighted by Crippen LogP contribution is 2.61. The van der Waals surface area contributed by atoms with Gasteiger partial charge in [0.15, 0.2) is 0 Å². The molecule has 0 aromatic heterocycles. The zero-order chi connectivity index (χ0) is 17.1. The summed E-state index contributed by atoms with van der Waals surface area (Å²) in [6.45, 7) is 0.823. The second kappa shape index (κ2) is 5.43. The Balaban J connectivity index is 1.69. The van der Waals surface area contributed by atoms with Crippen molar-refractivity contribution in [1.29, 1.82) is 0 Å². The van der Waals surface area contributed by atoms with Crippen molar-refractivity contribution in [2.75, 3.05) is 6.61 Å². The third kappa shape index (κ3) is 1.84. The van der Waals surface area contributed by atoms with Crippen LogP contribution in [0.15, 0.2) is 78.9 Å². The summed E-state index contributed by atoms with van der Waals surface area (Å²) in [6.07, 6.45) is 1.17. The second-order valence-electron chi connectivity index (χ2n) is 7.33. The van der Waals surface area contributed by atoms with E-state index in [0.29, 0.717) is 5.92 Å². The lowest BCUT2D eigenvalue weighted by Gasteiger charge is -2.31. The lowest BCUT2D eigenvalue weighted by Crippen LogP contribution is -2.16.